The highest BCUT2D eigenvalue weighted by molar-refractivity contribution is 7.90. The van der Waals surface area contributed by atoms with Crippen molar-refractivity contribution in [1.29, 1.82) is 0 Å². The fraction of sp³-hybridized carbons (Fsp3) is 0.519. The number of H-pyrrole nitrogens is 1. The number of ether oxygens (including phenoxy) is 3. The Bertz CT molecular complexity index is 2870. The van der Waals surface area contributed by atoms with E-state index < -0.39 is 42.9 Å². The number of carbonyl (C=O) groups is 1. The van der Waals surface area contributed by atoms with E-state index >= 15 is 4.39 Å². The third-order valence-electron chi connectivity index (χ3n) is 15.4. The molecule has 2 aliphatic carbocycles. The van der Waals surface area contributed by atoms with E-state index in [1.54, 1.807) is 26.0 Å². The quantitative estimate of drug-likeness (QED) is 0.0506. The number of hydrogen-bond acceptors (Lipinski definition) is 14. The molecule has 2 saturated carbocycles. The maximum absolute atomic E-state index is 15.0. The summed E-state index contributed by atoms with van der Waals surface area (Å²) in [7, 11) is -3.22. The van der Waals surface area contributed by atoms with Crippen molar-refractivity contribution in [2.75, 3.05) is 56.7 Å². The van der Waals surface area contributed by atoms with Gasteiger partial charge in [-0.25, -0.2) is 22.5 Å². The number of methoxy groups -OCH3 is 1. The predicted molar refractivity (Wildman–Crippen MR) is 268 cm³/mol. The number of anilines is 2. The van der Waals surface area contributed by atoms with Crippen molar-refractivity contribution in [3.8, 4) is 17.4 Å². The average molecular weight is 997 g/mol. The van der Waals surface area contributed by atoms with Gasteiger partial charge in [0, 0.05) is 76.0 Å². The molecule has 71 heavy (non-hydrogen) atoms. The molecule has 2 saturated heterocycles. The van der Waals surface area contributed by atoms with Crippen LogP contribution >= 0.6 is 0 Å². The van der Waals surface area contributed by atoms with E-state index in [1.807, 2.05) is 0 Å². The van der Waals surface area contributed by atoms with E-state index in [-0.39, 0.29) is 63.8 Å². The minimum atomic E-state index is -4.75. The number of nitro groups is 1. The van der Waals surface area contributed by atoms with Crippen molar-refractivity contribution in [3.63, 3.8) is 0 Å². The number of fused-ring (bicyclic) bond motifs is 1. The van der Waals surface area contributed by atoms with Gasteiger partial charge in [0.15, 0.2) is 5.75 Å². The number of aromatic nitrogens is 3. The van der Waals surface area contributed by atoms with Crippen LogP contribution in [-0.2, 0) is 14.8 Å². The Labute approximate surface area is 414 Å². The summed E-state index contributed by atoms with van der Waals surface area (Å²) >= 11 is 0. The number of aliphatic hydroxyl groups is 1. The number of sulfonamides is 1. The first-order valence-corrected chi connectivity index (χ1v) is 26.3. The number of pyridine rings is 2. The van der Waals surface area contributed by atoms with Gasteiger partial charge in [-0.3, -0.25) is 19.8 Å². The molecule has 3 aromatic heterocycles. The van der Waals surface area contributed by atoms with Gasteiger partial charge in [0.25, 0.3) is 21.8 Å². The summed E-state index contributed by atoms with van der Waals surface area (Å²) in [5, 5.41) is 25.6. The van der Waals surface area contributed by atoms with Crippen LogP contribution in [0.5, 0.6) is 17.4 Å². The van der Waals surface area contributed by atoms with Gasteiger partial charge in [0.1, 0.15) is 28.7 Å². The van der Waals surface area contributed by atoms with Gasteiger partial charge in [-0.15, -0.1) is 0 Å². The average Bonchev–Trinajstić information content (AvgIpc) is 3.97. The molecule has 9 rings (SSSR count). The number of benzene rings is 2. The predicted octanol–water partition coefficient (Wildman–Crippen LogP) is 9.04. The van der Waals surface area contributed by atoms with Crippen molar-refractivity contribution in [2.45, 2.75) is 120 Å². The molecule has 5 aromatic rings. The van der Waals surface area contributed by atoms with Gasteiger partial charge in [-0.05, 0) is 112 Å². The Hall–Kier alpha value is -5.89. The third kappa shape index (κ3) is 10.8. The molecule has 4 N–H and O–H groups in total. The highest BCUT2D eigenvalue weighted by atomic mass is 32.2. The molecule has 2 aliphatic heterocycles. The molecule has 4 aliphatic rings. The number of aromatic amines is 1. The molecule has 2 aromatic carbocycles. The fourth-order valence-electron chi connectivity index (χ4n) is 11.1. The lowest BCUT2D eigenvalue weighted by molar-refractivity contribution is -0.384. The van der Waals surface area contributed by atoms with Crippen LogP contribution in [0.15, 0.2) is 71.9 Å². The first-order valence-electron chi connectivity index (χ1n) is 24.8. The Kier molecular flexibility index (Phi) is 14.3. The van der Waals surface area contributed by atoms with Crippen molar-refractivity contribution in [2.24, 2.45) is 11.3 Å². The maximum Gasteiger partial charge on any atom is 0.312 e. The zero-order valence-electron chi connectivity index (χ0n) is 41.1. The summed E-state index contributed by atoms with van der Waals surface area (Å²) in [6.45, 7) is 12.1. The molecule has 3 atom stereocenters. The van der Waals surface area contributed by atoms with Crippen LogP contribution in [0, 0.1) is 27.3 Å². The Balaban J connectivity index is 0.951. The van der Waals surface area contributed by atoms with Crippen LogP contribution < -0.4 is 24.4 Å². The van der Waals surface area contributed by atoms with Crippen molar-refractivity contribution in [3.05, 3.63) is 99.6 Å². The van der Waals surface area contributed by atoms with Crippen molar-refractivity contribution in [1.82, 2.24) is 24.6 Å². The van der Waals surface area contributed by atoms with Gasteiger partial charge in [0.2, 0.25) is 5.82 Å². The first kappa shape index (κ1) is 50.1. The molecule has 5 heterocycles. The number of rotatable bonds is 17. The van der Waals surface area contributed by atoms with Crippen molar-refractivity contribution < 1.29 is 41.8 Å². The Morgan fingerprint density at radius 3 is 2.49 bits per heavy atom. The van der Waals surface area contributed by atoms with Crippen molar-refractivity contribution >= 4 is 44.2 Å². The Morgan fingerprint density at radius 2 is 1.77 bits per heavy atom. The SMILES string of the molecule is COC(C)COc1nc2[nH]cc(F)c2cc1Oc1cc(N2CCC3(CC2)CN([C@@H]2CCC[C@@H]2c2ccccc2C(C)C)C3)ccc1C(=O)NS(=O)(=O)c1cnc(NC[C@H]2CC[C@](C)(O)CC2)c([N+](=O)[O-])c1. The number of piperidine rings is 1. The van der Waals surface area contributed by atoms with Crippen LogP contribution in [0.4, 0.5) is 21.6 Å². The number of likely N-dealkylation sites (tertiary alicyclic amines) is 1. The van der Waals surface area contributed by atoms with Gasteiger partial charge in [-0.2, -0.15) is 4.98 Å². The molecule has 380 valence electrons. The molecule has 1 amide bonds. The molecule has 19 heteroatoms. The smallest absolute Gasteiger partial charge is 0.312 e. The van der Waals surface area contributed by atoms with E-state index in [1.165, 1.54) is 49.6 Å². The number of carbonyl (C=O) groups excluding carboxylic acids is 1. The maximum atomic E-state index is 15.0. The summed E-state index contributed by atoms with van der Waals surface area (Å²) in [4.78, 5) is 41.4. The number of nitrogens with one attached hydrogen (secondary N) is 3. The summed E-state index contributed by atoms with van der Waals surface area (Å²) in [6.07, 6.45) is 9.92. The largest absolute Gasteiger partial charge is 0.472 e. The topological polar surface area (TPSA) is 214 Å². The van der Waals surface area contributed by atoms with E-state index in [4.69, 9.17) is 14.2 Å². The van der Waals surface area contributed by atoms with Crippen LogP contribution in [-0.4, -0.2) is 108 Å². The van der Waals surface area contributed by atoms with E-state index in [0.29, 0.717) is 50.1 Å². The van der Waals surface area contributed by atoms with Gasteiger partial charge < -0.3 is 34.5 Å². The first-order chi connectivity index (χ1) is 33.9. The second kappa shape index (κ2) is 20.3. The normalized spacial score (nSPS) is 22.9. The molecule has 1 spiro atoms. The molecule has 1 unspecified atom stereocenters. The lowest BCUT2D eigenvalue weighted by Gasteiger charge is -2.57. The van der Waals surface area contributed by atoms with E-state index in [2.05, 4.69) is 72.9 Å². The number of nitrogens with zero attached hydrogens (tertiary/aromatic N) is 5. The molecular weight excluding hydrogens is 932 g/mol. The van der Waals surface area contributed by atoms with Gasteiger partial charge in [-0.1, -0.05) is 44.5 Å². The number of amides is 1. The molecule has 17 nitrogen and oxygen atoms in total. The summed E-state index contributed by atoms with van der Waals surface area (Å²) in [5.41, 5.74) is 2.54. The fourth-order valence-corrected chi connectivity index (χ4v) is 12.0. The Morgan fingerprint density at radius 1 is 1.03 bits per heavy atom. The highest BCUT2D eigenvalue weighted by Crippen LogP contribution is 2.49. The molecule has 0 bridgehead atoms. The molecule has 4 fully saturated rings. The summed E-state index contributed by atoms with van der Waals surface area (Å²) < 4.78 is 62.7. The monoisotopic (exact) mass is 996 g/mol. The lowest BCUT2D eigenvalue weighted by Crippen LogP contribution is -2.63. The summed E-state index contributed by atoms with van der Waals surface area (Å²) in [5.74, 6) is -0.793. The van der Waals surface area contributed by atoms with E-state index in [0.717, 1.165) is 63.2 Å². The molecule has 0 radical (unpaired) electrons. The van der Waals surface area contributed by atoms with E-state index in [9.17, 15) is 28.4 Å². The standard InChI is InChI=1S/C52H65FN8O9S/c1-32(2)37-9-6-7-10-38(37)39-11-8-12-43(39)60-30-52(31-60)19-21-59(22-20-52)35-13-14-40(45(23-35)70-46-25-41-42(53)28-56-47(41)57-50(46)69-29-33(3)68-5)49(62)58-71(66,67)36-24-44(61(64)65)48(55-27-36)54-26-34-15-17-51(4,63)18-16-34/h6-7,9-10,13-14,23-25,27-28,32-34,39,43,63H,8,11-12,15-22,26,29-31H2,1-5H3,(H,54,55)(H,56,57)(H,58,62)/t33?,34-,39-,43-,51-/m1/s1. The van der Waals surface area contributed by atoms with Crippen LogP contribution in [0.25, 0.3) is 11.0 Å². The van der Waals surface area contributed by atoms with Crippen LogP contribution in [0.2, 0.25) is 0 Å². The zero-order chi connectivity index (χ0) is 50.2. The number of hydrogen-bond donors (Lipinski definition) is 4. The van der Waals surface area contributed by atoms with Gasteiger partial charge >= 0.3 is 5.69 Å². The second-order valence-corrected chi connectivity index (χ2v) is 22.5. The van der Waals surface area contributed by atoms with Crippen LogP contribution in [0.1, 0.15) is 119 Å². The second-order valence-electron chi connectivity index (χ2n) is 20.8. The van der Waals surface area contributed by atoms with Crippen LogP contribution in [0.3, 0.4) is 0 Å². The minimum absolute atomic E-state index is 0.0262. The number of halogens is 1. The molecular formula is C52H65FN8O9S. The minimum Gasteiger partial charge on any atom is -0.472 e. The zero-order valence-corrected chi connectivity index (χ0v) is 41.9. The lowest BCUT2D eigenvalue weighted by atomic mass is 9.70. The van der Waals surface area contributed by atoms with Gasteiger partial charge in [0.05, 0.1) is 33.8 Å². The highest BCUT2D eigenvalue weighted by Gasteiger charge is 2.49. The third-order valence-corrected chi connectivity index (χ3v) is 16.7. The summed E-state index contributed by atoms with van der Waals surface area (Å²) in [6, 6.07) is 16.6.